The van der Waals surface area contributed by atoms with Crippen molar-refractivity contribution in [3.8, 4) is 0 Å². The van der Waals surface area contributed by atoms with Crippen LogP contribution in [0.15, 0.2) is 36.4 Å². The highest BCUT2D eigenvalue weighted by Crippen LogP contribution is 2.70. The first kappa shape index (κ1) is 58.6. The normalized spacial score (nSPS) is 40.3. The molecular formula is C60H89BrCl2N6O6. The lowest BCUT2D eigenvalue weighted by Crippen LogP contribution is -2.57. The van der Waals surface area contributed by atoms with Gasteiger partial charge in [-0.1, -0.05) is 81.7 Å². The highest BCUT2D eigenvalue weighted by atomic mass is 79.9. The van der Waals surface area contributed by atoms with Crippen molar-refractivity contribution in [1.29, 1.82) is 0 Å². The number of nitrogens with zero attached hydrogens (tertiary/aromatic N) is 5. The Morgan fingerprint density at radius 1 is 0.600 bits per heavy atom. The van der Waals surface area contributed by atoms with Crippen LogP contribution in [0.1, 0.15) is 158 Å². The topological polar surface area (TPSA) is 165 Å². The Hall–Kier alpha value is -2.52. The average Bonchev–Trinajstić information content (AvgIpc) is 4.16. The van der Waals surface area contributed by atoms with Gasteiger partial charge < -0.3 is 19.7 Å². The van der Waals surface area contributed by atoms with Crippen LogP contribution in [0.2, 0.25) is 10.0 Å². The van der Waals surface area contributed by atoms with Gasteiger partial charge in [-0.2, -0.15) is 30.4 Å². The van der Waals surface area contributed by atoms with Gasteiger partial charge in [0, 0.05) is 36.1 Å². The maximum atomic E-state index is 13.6. The number of carbonyl (C=O) groups is 2. The Morgan fingerprint density at radius 2 is 1.05 bits per heavy atom. The first-order chi connectivity index (χ1) is 34.8. The van der Waals surface area contributed by atoms with E-state index in [4.69, 9.17) is 32.7 Å². The Kier molecular flexibility index (Phi) is 17.6. The molecule has 0 unspecified atom stereocenters. The predicted molar refractivity (Wildman–Crippen MR) is 303 cm³/mol. The van der Waals surface area contributed by atoms with E-state index in [0.717, 1.165) is 104 Å². The number of H-pyrrole nitrogens is 1. The van der Waals surface area contributed by atoms with E-state index in [1.54, 1.807) is 37.2 Å². The number of methoxy groups -OCH3 is 2. The molecule has 8 fully saturated rings. The van der Waals surface area contributed by atoms with E-state index in [-0.39, 0.29) is 49.8 Å². The molecule has 15 heteroatoms. The molecule has 12 nitrogen and oxygen atoms in total. The van der Waals surface area contributed by atoms with E-state index in [0.29, 0.717) is 74.8 Å². The molecule has 75 heavy (non-hydrogen) atoms. The van der Waals surface area contributed by atoms with Crippen LogP contribution < -0.4 is 0 Å². The summed E-state index contributed by atoms with van der Waals surface area (Å²) in [7, 11) is 3.40. The number of hydrogen-bond donors (Lipinski definition) is 3. The summed E-state index contributed by atoms with van der Waals surface area (Å²) in [5, 5.41) is 43.2. The summed E-state index contributed by atoms with van der Waals surface area (Å²) in [4.78, 5) is 27.8. The van der Waals surface area contributed by atoms with Gasteiger partial charge in [-0.05, 0) is 221 Å². The van der Waals surface area contributed by atoms with Crippen LogP contribution in [-0.4, -0.2) is 96.1 Å². The monoisotopic (exact) mass is 1140 g/mol. The van der Waals surface area contributed by atoms with Crippen molar-refractivity contribution in [1.82, 2.24) is 30.4 Å². The van der Waals surface area contributed by atoms with E-state index in [2.05, 4.69) is 69.2 Å². The van der Waals surface area contributed by atoms with Gasteiger partial charge in [-0.3, -0.25) is 9.59 Å². The van der Waals surface area contributed by atoms with Crippen LogP contribution in [0.25, 0.3) is 22.1 Å². The minimum atomic E-state index is -0.656. The molecule has 0 saturated heterocycles. The van der Waals surface area contributed by atoms with Crippen LogP contribution in [0.5, 0.6) is 0 Å². The van der Waals surface area contributed by atoms with Gasteiger partial charge in [0.25, 0.3) is 0 Å². The summed E-state index contributed by atoms with van der Waals surface area (Å²) < 4.78 is 10.7. The highest BCUT2D eigenvalue weighted by molar-refractivity contribution is 9.09. The number of fused-ring (bicyclic) bond motifs is 12. The summed E-state index contributed by atoms with van der Waals surface area (Å²) in [5.74, 6) is 6.58. The summed E-state index contributed by atoms with van der Waals surface area (Å²) in [6.07, 6.45) is 20.0. The van der Waals surface area contributed by atoms with Crippen LogP contribution in [-0.2, 0) is 25.6 Å². The van der Waals surface area contributed by atoms with Crippen LogP contribution in [0, 0.1) is 80.8 Å². The van der Waals surface area contributed by atoms with E-state index < -0.39 is 11.2 Å². The number of Topliss-reactive ketones (excluding diaryl/α,β-unsaturated/α-hetero) is 2. The molecule has 4 aromatic rings. The number of aromatic nitrogens is 6. The predicted octanol–water partition coefficient (Wildman–Crippen LogP) is 13.6. The van der Waals surface area contributed by atoms with Crippen molar-refractivity contribution >= 4 is 72.8 Å². The van der Waals surface area contributed by atoms with Gasteiger partial charge in [0.05, 0.1) is 29.7 Å². The van der Waals surface area contributed by atoms with Crippen LogP contribution >= 0.6 is 39.1 Å². The maximum Gasteiger partial charge on any atom is 0.159 e. The van der Waals surface area contributed by atoms with Crippen molar-refractivity contribution in [2.75, 3.05) is 32.8 Å². The lowest BCUT2D eigenvalue weighted by atomic mass is 9.44. The van der Waals surface area contributed by atoms with Gasteiger partial charge in [0.1, 0.15) is 34.4 Å². The fourth-order valence-corrected chi connectivity index (χ4v) is 19.4. The number of benzene rings is 2. The molecule has 416 valence electrons. The Balaban J connectivity index is 0.000000168. The Labute approximate surface area is 465 Å². The molecule has 12 rings (SSSR count). The third kappa shape index (κ3) is 10.7. The van der Waals surface area contributed by atoms with Crippen molar-refractivity contribution in [2.45, 2.75) is 176 Å². The van der Waals surface area contributed by atoms with Crippen LogP contribution in [0.3, 0.4) is 0 Å². The fourth-order valence-electron chi connectivity index (χ4n) is 18.7. The highest BCUT2D eigenvalue weighted by Gasteiger charge is 2.64. The van der Waals surface area contributed by atoms with Gasteiger partial charge in [0.15, 0.2) is 5.78 Å². The lowest BCUT2D eigenvalue weighted by Gasteiger charge is -2.62. The van der Waals surface area contributed by atoms with E-state index in [1.165, 1.54) is 51.4 Å². The van der Waals surface area contributed by atoms with Crippen molar-refractivity contribution in [3.05, 3.63) is 46.4 Å². The molecule has 3 N–H and O–H groups in total. The molecule has 0 radical (unpaired) electrons. The number of nitrogens with one attached hydrogen (secondary N) is 1. The third-order valence-electron chi connectivity index (χ3n) is 22.3. The molecule has 2 heterocycles. The zero-order valence-corrected chi connectivity index (χ0v) is 47.3. The maximum absolute atomic E-state index is 13.6. The Morgan fingerprint density at radius 3 is 1.56 bits per heavy atom. The standard InChI is InChI=1S/C29H40ClN3O3.C23H37BrO3.C6H4ClN3.2CH4/c1-27-12-13-29(35,17-36-3)15-18(27)4-6-20-21-7-8-23(28(21,2)11-10-22(20)27)26(34)16-33-31-24-9-5-19(30)14-25(24)32-33;1-21-10-11-23(26,14-27-3)12-15(21)4-5-16-17-6-7-19(20(25)13-24)22(17,2)9-8-18(16)21;7-4-1-2-5-6(3-4)9-10-8-5;;/h5,9,14,18,20-23,35H,4,6-8,10-13,15-17H2,1-3H3;15-19,26H,4-14H2,1-3H3;1-3H,(H,8,9,10);2*1H4/t18-,20-,21-,22-,23+,27-,28-,29+;15-,16-,17-,18-,19+,21-,22-,23+;;;/m00.../s1. The first-order valence-electron chi connectivity index (χ1n) is 27.8. The second-order valence-corrected chi connectivity index (χ2v) is 27.2. The van der Waals surface area contributed by atoms with E-state index in [9.17, 15) is 19.8 Å². The SMILES string of the molecule is C.C.COC[C@@]1(O)CC[C@@]2(C)[C@@H](CC[C@@H]3[C@@H]2CC[C@]2(C)[C@@H](C(=O)CBr)CC[C@@H]32)C1.COC[C@@]1(O)CC[C@@]2(C)[C@@H](CC[C@@H]3[C@@H]2CC[C@]2(C)[C@@H](C(=O)Cn4nc5ccc(Cl)cc5n4)CC[C@@H]32)C1.Clc1ccc2n[nH]nc2c1. The van der Waals surface area contributed by atoms with Gasteiger partial charge in [0.2, 0.25) is 0 Å². The van der Waals surface area contributed by atoms with Crippen molar-refractivity contribution < 1.29 is 29.3 Å². The second kappa shape index (κ2) is 22.6. The summed E-state index contributed by atoms with van der Waals surface area (Å²) in [6.45, 7) is 11.0. The number of ether oxygens (including phenoxy) is 2. The molecule has 0 aliphatic heterocycles. The molecule has 8 saturated carbocycles. The third-order valence-corrected chi connectivity index (χ3v) is 23.4. The molecule has 0 amide bonds. The smallest absolute Gasteiger partial charge is 0.159 e. The zero-order valence-electron chi connectivity index (χ0n) is 44.2. The van der Waals surface area contributed by atoms with Crippen LogP contribution in [0.4, 0.5) is 0 Å². The molecular weight excluding hydrogens is 1050 g/mol. The number of halogens is 3. The van der Waals surface area contributed by atoms with Crippen molar-refractivity contribution in [2.24, 2.45) is 80.8 Å². The largest absolute Gasteiger partial charge is 0.387 e. The van der Waals surface area contributed by atoms with E-state index >= 15 is 0 Å². The summed E-state index contributed by atoms with van der Waals surface area (Å²) in [5.41, 5.74) is 2.83. The Bertz CT molecular complexity index is 2650. The zero-order chi connectivity index (χ0) is 51.7. The van der Waals surface area contributed by atoms with Gasteiger partial charge in [-0.25, -0.2) is 0 Å². The number of carbonyl (C=O) groups excluding carboxylic acids is 2. The average molecular weight is 1140 g/mol. The number of aliphatic hydroxyl groups is 2. The number of ketones is 2. The molecule has 8 aliphatic carbocycles. The number of alkyl halides is 1. The molecule has 8 aliphatic rings. The molecule has 0 spiro atoms. The number of hydrogen-bond acceptors (Lipinski definition) is 10. The molecule has 16 atom stereocenters. The number of rotatable bonds is 9. The van der Waals surface area contributed by atoms with E-state index in [1.807, 2.05) is 18.2 Å². The minimum absolute atomic E-state index is 0. The lowest BCUT2D eigenvalue weighted by molar-refractivity contribution is -0.164. The molecule has 2 aromatic heterocycles. The van der Waals surface area contributed by atoms with Gasteiger partial charge >= 0.3 is 0 Å². The summed E-state index contributed by atoms with van der Waals surface area (Å²) in [6, 6.07) is 10.8. The fraction of sp³-hybridized carbons (Fsp3) is 0.767. The molecule has 0 bridgehead atoms. The second-order valence-electron chi connectivity index (χ2n) is 25.8. The number of aromatic amines is 1. The first-order valence-corrected chi connectivity index (χ1v) is 29.7. The van der Waals surface area contributed by atoms with Gasteiger partial charge in [-0.15, -0.1) is 0 Å². The molecule has 2 aromatic carbocycles. The van der Waals surface area contributed by atoms with Crippen molar-refractivity contribution in [3.63, 3.8) is 0 Å². The quantitative estimate of drug-likeness (QED) is 0.137. The minimum Gasteiger partial charge on any atom is -0.387 e. The summed E-state index contributed by atoms with van der Waals surface area (Å²) >= 11 is 15.2.